The van der Waals surface area contributed by atoms with E-state index < -0.39 is 0 Å². The van der Waals surface area contributed by atoms with E-state index in [9.17, 15) is 4.79 Å². The maximum Gasteiger partial charge on any atom is 0.236 e. The minimum Gasteiger partial charge on any atom is -0.355 e. The number of halogens is 1. The molecule has 0 rings (SSSR count). The van der Waals surface area contributed by atoms with Gasteiger partial charge in [-0.05, 0) is 20.4 Å². The van der Waals surface area contributed by atoms with Crippen LogP contribution in [-0.2, 0) is 4.79 Å². The molecular weight excluding hydrogens is 164 g/mol. The van der Waals surface area contributed by atoms with Crippen LogP contribution in [0.5, 0.6) is 0 Å². The molecule has 0 spiro atoms. The summed E-state index contributed by atoms with van der Waals surface area (Å²) in [5.74, 6) is 0.617. The quantitative estimate of drug-likeness (QED) is 0.471. The number of hydrogen-bond donors (Lipinski definition) is 2. The topological polar surface area (TPSA) is 41.1 Å². The van der Waals surface area contributed by atoms with Crippen molar-refractivity contribution < 1.29 is 4.79 Å². The summed E-state index contributed by atoms with van der Waals surface area (Å²) in [7, 11) is 1.76. The maximum atomic E-state index is 11.0. The highest BCUT2D eigenvalue weighted by Crippen LogP contribution is 1.83. The van der Waals surface area contributed by atoms with Crippen molar-refractivity contribution in [2.45, 2.75) is 19.4 Å². The standard InChI is InChI=1S/C7H15ClN2O/c1-6(9-2)7(11)10-5-3-4-8/h6,9H,3-5H2,1-2H3,(H,10,11)/t6-/m1/s1. The monoisotopic (exact) mass is 178 g/mol. The molecule has 0 bridgehead atoms. The number of rotatable bonds is 5. The van der Waals surface area contributed by atoms with Crippen molar-refractivity contribution in [1.29, 1.82) is 0 Å². The van der Waals surface area contributed by atoms with Gasteiger partial charge in [0, 0.05) is 12.4 Å². The summed E-state index contributed by atoms with van der Waals surface area (Å²) in [4.78, 5) is 11.0. The van der Waals surface area contributed by atoms with Crippen LogP contribution in [0.2, 0.25) is 0 Å². The zero-order valence-electron chi connectivity index (χ0n) is 6.98. The van der Waals surface area contributed by atoms with E-state index in [1.54, 1.807) is 7.05 Å². The predicted molar refractivity (Wildman–Crippen MR) is 46.9 cm³/mol. The number of nitrogens with one attached hydrogen (secondary N) is 2. The molecule has 1 atom stereocenters. The molecule has 1 amide bonds. The summed E-state index contributed by atoms with van der Waals surface area (Å²) in [6.45, 7) is 2.48. The fourth-order valence-corrected chi connectivity index (χ4v) is 0.696. The SMILES string of the molecule is CN[C@H](C)C(=O)NCCCCl. The molecule has 0 aliphatic heterocycles. The van der Waals surface area contributed by atoms with E-state index in [0.29, 0.717) is 12.4 Å². The number of amides is 1. The van der Waals surface area contributed by atoms with Crippen molar-refractivity contribution >= 4 is 17.5 Å². The molecule has 0 aromatic heterocycles. The van der Waals surface area contributed by atoms with E-state index in [0.717, 1.165) is 6.42 Å². The Kier molecular flexibility index (Phi) is 6.27. The van der Waals surface area contributed by atoms with Gasteiger partial charge in [0.05, 0.1) is 6.04 Å². The molecule has 0 aromatic rings. The van der Waals surface area contributed by atoms with Gasteiger partial charge in [-0.25, -0.2) is 0 Å². The average Bonchev–Trinajstić information content (AvgIpc) is 2.03. The first-order valence-electron chi connectivity index (χ1n) is 3.73. The van der Waals surface area contributed by atoms with Crippen LogP contribution in [0.15, 0.2) is 0 Å². The zero-order valence-corrected chi connectivity index (χ0v) is 7.74. The van der Waals surface area contributed by atoms with Crippen LogP contribution in [-0.4, -0.2) is 31.4 Å². The highest BCUT2D eigenvalue weighted by atomic mass is 35.5. The van der Waals surface area contributed by atoms with Gasteiger partial charge in [0.25, 0.3) is 0 Å². The first-order chi connectivity index (χ1) is 5.22. The van der Waals surface area contributed by atoms with Crippen LogP contribution in [0.1, 0.15) is 13.3 Å². The first-order valence-corrected chi connectivity index (χ1v) is 4.26. The summed E-state index contributed by atoms with van der Waals surface area (Å²) < 4.78 is 0. The van der Waals surface area contributed by atoms with E-state index in [4.69, 9.17) is 11.6 Å². The Balaban J connectivity index is 3.36. The first kappa shape index (κ1) is 10.7. The molecule has 0 fully saturated rings. The Hall–Kier alpha value is -0.280. The minimum absolute atomic E-state index is 0.0256. The van der Waals surface area contributed by atoms with E-state index in [2.05, 4.69) is 10.6 Å². The third kappa shape index (κ3) is 5.04. The number of carbonyl (C=O) groups is 1. The van der Waals surface area contributed by atoms with Crippen molar-refractivity contribution in [2.24, 2.45) is 0 Å². The van der Waals surface area contributed by atoms with Gasteiger partial charge in [-0.3, -0.25) is 4.79 Å². The Bertz CT molecular complexity index is 119. The summed E-state index contributed by atoms with van der Waals surface area (Å²) in [5.41, 5.74) is 0. The lowest BCUT2D eigenvalue weighted by atomic mass is 10.3. The molecule has 0 aliphatic carbocycles. The highest BCUT2D eigenvalue weighted by Gasteiger charge is 2.07. The van der Waals surface area contributed by atoms with E-state index >= 15 is 0 Å². The van der Waals surface area contributed by atoms with Crippen LogP contribution in [0.3, 0.4) is 0 Å². The number of alkyl halides is 1. The van der Waals surface area contributed by atoms with Gasteiger partial charge in [0.2, 0.25) is 5.91 Å². The summed E-state index contributed by atoms with van der Waals surface area (Å²) in [6.07, 6.45) is 0.823. The molecule has 0 aliphatic rings. The second-order valence-corrected chi connectivity index (χ2v) is 2.72. The van der Waals surface area contributed by atoms with Crippen LogP contribution in [0.25, 0.3) is 0 Å². The molecule has 3 nitrogen and oxygen atoms in total. The fraction of sp³-hybridized carbons (Fsp3) is 0.857. The number of hydrogen-bond acceptors (Lipinski definition) is 2. The van der Waals surface area contributed by atoms with Crippen molar-refractivity contribution in [1.82, 2.24) is 10.6 Å². The van der Waals surface area contributed by atoms with Crippen molar-refractivity contribution in [3.8, 4) is 0 Å². The van der Waals surface area contributed by atoms with E-state index in [1.165, 1.54) is 0 Å². The Morgan fingerprint density at radius 3 is 2.73 bits per heavy atom. The molecule has 0 saturated heterocycles. The molecule has 2 N–H and O–H groups in total. The van der Waals surface area contributed by atoms with Gasteiger partial charge in [0.1, 0.15) is 0 Å². The smallest absolute Gasteiger partial charge is 0.236 e. The van der Waals surface area contributed by atoms with Gasteiger partial charge < -0.3 is 10.6 Å². The van der Waals surface area contributed by atoms with Crippen LogP contribution in [0.4, 0.5) is 0 Å². The molecule has 4 heteroatoms. The normalized spacial score (nSPS) is 12.6. The molecular formula is C7H15ClN2O. The van der Waals surface area contributed by atoms with Crippen molar-refractivity contribution in [3.63, 3.8) is 0 Å². The Morgan fingerprint density at radius 1 is 1.64 bits per heavy atom. The van der Waals surface area contributed by atoms with Gasteiger partial charge in [-0.2, -0.15) is 0 Å². The van der Waals surface area contributed by atoms with Gasteiger partial charge >= 0.3 is 0 Å². The van der Waals surface area contributed by atoms with Crippen LogP contribution < -0.4 is 10.6 Å². The van der Waals surface area contributed by atoms with Crippen LogP contribution in [0, 0.1) is 0 Å². The molecule has 0 heterocycles. The average molecular weight is 179 g/mol. The second-order valence-electron chi connectivity index (χ2n) is 2.34. The fourth-order valence-electron chi connectivity index (χ4n) is 0.563. The minimum atomic E-state index is -0.120. The van der Waals surface area contributed by atoms with Crippen LogP contribution >= 0.6 is 11.6 Å². The summed E-state index contributed by atoms with van der Waals surface area (Å²) in [5, 5.41) is 5.59. The third-order valence-electron chi connectivity index (χ3n) is 1.44. The Labute approximate surface area is 72.5 Å². The lowest BCUT2D eigenvalue weighted by Crippen LogP contribution is -2.40. The van der Waals surface area contributed by atoms with Gasteiger partial charge in [-0.15, -0.1) is 11.6 Å². The summed E-state index contributed by atoms with van der Waals surface area (Å²) in [6, 6.07) is -0.120. The maximum absolute atomic E-state index is 11.0. The van der Waals surface area contributed by atoms with Crippen molar-refractivity contribution in [2.75, 3.05) is 19.5 Å². The largest absolute Gasteiger partial charge is 0.355 e. The number of carbonyl (C=O) groups excluding carboxylic acids is 1. The van der Waals surface area contributed by atoms with Crippen molar-refractivity contribution in [3.05, 3.63) is 0 Å². The molecule has 0 saturated carbocycles. The zero-order chi connectivity index (χ0) is 8.69. The highest BCUT2D eigenvalue weighted by molar-refractivity contribution is 6.17. The summed E-state index contributed by atoms with van der Waals surface area (Å²) >= 11 is 5.43. The van der Waals surface area contributed by atoms with E-state index in [-0.39, 0.29) is 11.9 Å². The molecule has 0 unspecified atom stereocenters. The lowest BCUT2D eigenvalue weighted by Gasteiger charge is -2.09. The van der Waals surface area contributed by atoms with Gasteiger partial charge in [-0.1, -0.05) is 0 Å². The van der Waals surface area contributed by atoms with Gasteiger partial charge in [0.15, 0.2) is 0 Å². The molecule has 11 heavy (non-hydrogen) atoms. The third-order valence-corrected chi connectivity index (χ3v) is 1.70. The lowest BCUT2D eigenvalue weighted by molar-refractivity contribution is -0.122. The molecule has 0 radical (unpaired) electrons. The van der Waals surface area contributed by atoms with E-state index in [1.807, 2.05) is 6.92 Å². The molecule has 0 aromatic carbocycles. The molecule has 66 valence electrons. The second kappa shape index (κ2) is 6.43. The predicted octanol–water partition coefficient (Wildman–Crippen LogP) is 0.339. The number of likely N-dealkylation sites (N-methyl/N-ethyl adjacent to an activating group) is 1. The Morgan fingerprint density at radius 2 is 2.27 bits per heavy atom.